The van der Waals surface area contributed by atoms with Crippen LogP contribution in [0.3, 0.4) is 0 Å². The predicted octanol–water partition coefficient (Wildman–Crippen LogP) is 5.11. The lowest BCUT2D eigenvalue weighted by molar-refractivity contribution is -0.130. The van der Waals surface area contributed by atoms with E-state index in [-0.39, 0.29) is 11.9 Å². The van der Waals surface area contributed by atoms with Crippen LogP contribution in [0, 0.1) is 0 Å². The fraction of sp³-hybridized carbons (Fsp3) is 0.292. The SMILES string of the molecule is O=C(/C=C/c1ccccc1)N(Cc1nc(-c2ccccc2)no1)C1CCCCC1. The number of amides is 1. The maximum atomic E-state index is 13.0. The summed E-state index contributed by atoms with van der Waals surface area (Å²) in [5.41, 5.74) is 1.91. The standard InChI is InChI=1S/C24H25N3O2/c28-23(17-16-19-10-4-1-5-11-19)27(21-14-8-3-9-15-21)18-22-25-24(26-29-22)20-12-6-2-7-13-20/h1-2,4-7,10-13,16-17,21H,3,8-9,14-15,18H2/b17-16+. The number of nitrogens with zero attached hydrogens (tertiary/aromatic N) is 3. The summed E-state index contributed by atoms with van der Waals surface area (Å²) in [6.45, 7) is 0.336. The van der Waals surface area contributed by atoms with Gasteiger partial charge in [0.15, 0.2) is 0 Å². The van der Waals surface area contributed by atoms with Crippen LogP contribution in [0.25, 0.3) is 17.5 Å². The fourth-order valence-electron chi connectivity index (χ4n) is 3.78. The third kappa shape index (κ3) is 4.99. The monoisotopic (exact) mass is 387 g/mol. The molecule has 1 saturated carbocycles. The fourth-order valence-corrected chi connectivity index (χ4v) is 3.78. The lowest BCUT2D eigenvalue weighted by Gasteiger charge is -2.32. The van der Waals surface area contributed by atoms with Crippen molar-refractivity contribution < 1.29 is 9.32 Å². The van der Waals surface area contributed by atoms with Crippen molar-refractivity contribution in [3.63, 3.8) is 0 Å². The normalized spacial score (nSPS) is 14.9. The summed E-state index contributed by atoms with van der Waals surface area (Å²) in [4.78, 5) is 19.5. The first-order chi connectivity index (χ1) is 14.3. The summed E-state index contributed by atoms with van der Waals surface area (Å²) in [5.74, 6) is 1.01. The topological polar surface area (TPSA) is 59.2 Å². The van der Waals surface area contributed by atoms with E-state index in [1.54, 1.807) is 6.08 Å². The third-order valence-corrected chi connectivity index (χ3v) is 5.32. The van der Waals surface area contributed by atoms with Crippen LogP contribution in [-0.2, 0) is 11.3 Å². The Hall–Kier alpha value is -3.21. The number of benzene rings is 2. The zero-order chi connectivity index (χ0) is 19.9. The zero-order valence-electron chi connectivity index (χ0n) is 16.4. The molecule has 148 valence electrons. The van der Waals surface area contributed by atoms with Crippen LogP contribution in [0.4, 0.5) is 0 Å². The molecule has 5 heteroatoms. The molecule has 0 atom stereocenters. The summed E-state index contributed by atoms with van der Waals surface area (Å²) in [6, 6.07) is 19.8. The van der Waals surface area contributed by atoms with Crippen molar-refractivity contribution in [2.75, 3.05) is 0 Å². The molecule has 1 aliphatic rings. The van der Waals surface area contributed by atoms with Crippen molar-refractivity contribution in [3.8, 4) is 11.4 Å². The van der Waals surface area contributed by atoms with Crippen LogP contribution in [0.15, 0.2) is 71.3 Å². The van der Waals surface area contributed by atoms with E-state index in [0.29, 0.717) is 18.3 Å². The van der Waals surface area contributed by atoms with Crippen LogP contribution in [0.1, 0.15) is 43.6 Å². The molecule has 1 heterocycles. The predicted molar refractivity (Wildman–Crippen MR) is 113 cm³/mol. The van der Waals surface area contributed by atoms with Gasteiger partial charge >= 0.3 is 0 Å². The highest BCUT2D eigenvalue weighted by molar-refractivity contribution is 5.92. The number of hydrogen-bond donors (Lipinski definition) is 0. The first kappa shape index (κ1) is 19.1. The molecule has 1 amide bonds. The molecular weight excluding hydrogens is 362 g/mol. The van der Waals surface area contributed by atoms with E-state index < -0.39 is 0 Å². The lowest BCUT2D eigenvalue weighted by Crippen LogP contribution is -2.40. The van der Waals surface area contributed by atoms with Gasteiger partial charge in [0.1, 0.15) is 6.54 Å². The number of aromatic nitrogens is 2. The van der Waals surface area contributed by atoms with E-state index in [0.717, 1.165) is 36.8 Å². The molecule has 3 aromatic rings. The zero-order valence-corrected chi connectivity index (χ0v) is 16.4. The van der Waals surface area contributed by atoms with E-state index in [1.807, 2.05) is 71.6 Å². The van der Waals surface area contributed by atoms with Crippen LogP contribution in [0.2, 0.25) is 0 Å². The Kier molecular flexibility index (Phi) is 6.15. The van der Waals surface area contributed by atoms with Gasteiger partial charge in [-0.25, -0.2) is 0 Å². The summed E-state index contributed by atoms with van der Waals surface area (Å²) >= 11 is 0. The number of carbonyl (C=O) groups is 1. The van der Waals surface area contributed by atoms with Gasteiger partial charge < -0.3 is 9.42 Å². The highest BCUT2D eigenvalue weighted by atomic mass is 16.5. The van der Waals surface area contributed by atoms with E-state index in [9.17, 15) is 4.79 Å². The van der Waals surface area contributed by atoms with Crippen molar-refractivity contribution in [1.82, 2.24) is 15.0 Å². The Morgan fingerprint density at radius 3 is 2.41 bits per heavy atom. The van der Waals surface area contributed by atoms with Crippen LogP contribution >= 0.6 is 0 Å². The van der Waals surface area contributed by atoms with Crippen molar-refractivity contribution in [2.24, 2.45) is 0 Å². The molecule has 0 saturated heterocycles. The van der Waals surface area contributed by atoms with Crippen LogP contribution < -0.4 is 0 Å². The first-order valence-corrected chi connectivity index (χ1v) is 10.2. The van der Waals surface area contributed by atoms with Gasteiger partial charge in [0, 0.05) is 17.7 Å². The molecule has 29 heavy (non-hydrogen) atoms. The van der Waals surface area contributed by atoms with Gasteiger partial charge in [-0.2, -0.15) is 4.98 Å². The van der Waals surface area contributed by atoms with Crippen molar-refractivity contribution in [3.05, 3.63) is 78.2 Å². The molecule has 0 spiro atoms. The molecule has 2 aromatic carbocycles. The van der Waals surface area contributed by atoms with Crippen molar-refractivity contribution in [2.45, 2.75) is 44.7 Å². The average molecular weight is 387 g/mol. The highest BCUT2D eigenvalue weighted by Gasteiger charge is 2.26. The molecule has 1 aromatic heterocycles. The summed E-state index contributed by atoms with van der Waals surface area (Å²) < 4.78 is 5.47. The van der Waals surface area contributed by atoms with Gasteiger partial charge in [-0.3, -0.25) is 4.79 Å². The quantitative estimate of drug-likeness (QED) is 0.551. The molecule has 1 fully saturated rings. The number of hydrogen-bond acceptors (Lipinski definition) is 4. The minimum atomic E-state index is -0.0137. The molecule has 4 rings (SSSR count). The molecule has 1 aliphatic carbocycles. The van der Waals surface area contributed by atoms with Gasteiger partial charge in [0.2, 0.25) is 17.6 Å². The molecule has 0 bridgehead atoms. The second-order valence-corrected chi connectivity index (χ2v) is 7.38. The molecule has 0 aliphatic heterocycles. The summed E-state index contributed by atoms with van der Waals surface area (Å²) in [5, 5.41) is 4.10. The molecule has 5 nitrogen and oxygen atoms in total. The average Bonchev–Trinajstić information content (AvgIpc) is 3.26. The Morgan fingerprint density at radius 1 is 1.00 bits per heavy atom. The number of rotatable bonds is 6. The van der Waals surface area contributed by atoms with Gasteiger partial charge in [-0.05, 0) is 24.5 Å². The van der Waals surface area contributed by atoms with Gasteiger partial charge in [0.05, 0.1) is 0 Å². The summed E-state index contributed by atoms with van der Waals surface area (Å²) in [7, 11) is 0. The van der Waals surface area contributed by atoms with Crippen LogP contribution in [0.5, 0.6) is 0 Å². The molecular formula is C24H25N3O2. The molecule has 0 radical (unpaired) electrons. The Balaban J connectivity index is 1.52. The Labute approximate surface area is 171 Å². The third-order valence-electron chi connectivity index (χ3n) is 5.32. The first-order valence-electron chi connectivity index (χ1n) is 10.2. The minimum absolute atomic E-state index is 0.0137. The van der Waals surface area contributed by atoms with E-state index in [4.69, 9.17) is 4.52 Å². The maximum absolute atomic E-state index is 13.0. The van der Waals surface area contributed by atoms with Crippen molar-refractivity contribution >= 4 is 12.0 Å². The highest BCUT2D eigenvalue weighted by Crippen LogP contribution is 2.25. The van der Waals surface area contributed by atoms with Gasteiger partial charge in [-0.15, -0.1) is 0 Å². The van der Waals surface area contributed by atoms with Crippen molar-refractivity contribution in [1.29, 1.82) is 0 Å². The van der Waals surface area contributed by atoms with E-state index >= 15 is 0 Å². The largest absolute Gasteiger partial charge is 0.337 e. The Bertz CT molecular complexity index is 945. The molecule has 0 unspecified atom stereocenters. The van der Waals surface area contributed by atoms with Gasteiger partial charge in [0.25, 0.3) is 0 Å². The lowest BCUT2D eigenvalue weighted by atomic mass is 9.94. The second kappa shape index (κ2) is 9.32. The van der Waals surface area contributed by atoms with E-state index in [2.05, 4.69) is 10.1 Å². The summed E-state index contributed by atoms with van der Waals surface area (Å²) in [6.07, 6.45) is 9.08. The van der Waals surface area contributed by atoms with Gasteiger partial charge in [-0.1, -0.05) is 85.1 Å². The minimum Gasteiger partial charge on any atom is -0.337 e. The van der Waals surface area contributed by atoms with E-state index in [1.165, 1.54) is 6.42 Å². The smallest absolute Gasteiger partial charge is 0.247 e. The Morgan fingerprint density at radius 2 is 1.69 bits per heavy atom. The molecule has 0 N–H and O–H groups in total. The maximum Gasteiger partial charge on any atom is 0.247 e. The van der Waals surface area contributed by atoms with Crippen LogP contribution in [-0.4, -0.2) is 27.0 Å². The number of carbonyl (C=O) groups excluding carboxylic acids is 1. The second-order valence-electron chi connectivity index (χ2n) is 7.38.